The van der Waals surface area contributed by atoms with E-state index in [-0.39, 0.29) is 18.4 Å². The van der Waals surface area contributed by atoms with Gasteiger partial charge in [0.2, 0.25) is 0 Å². The zero-order valence-corrected chi connectivity index (χ0v) is 10.2. The predicted octanol–water partition coefficient (Wildman–Crippen LogP) is 3.95. The molecule has 2 N–H and O–H groups in total. The van der Waals surface area contributed by atoms with E-state index in [1.54, 1.807) is 0 Å². The van der Waals surface area contributed by atoms with E-state index < -0.39 is 0 Å². The minimum Gasteiger partial charge on any atom is -0.324 e. The number of benzene rings is 1. The Bertz CT molecular complexity index is 291. The van der Waals surface area contributed by atoms with Crippen molar-refractivity contribution in [3.05, 3.63) is 34.9 Å². The van der Waals surface area contributed by atoms with E-state index in [0.29, 0.717) is 5.92 Å². The molecule has 0 aromatic heterocycles. The molecule has 0 aliphatic heterocycles. The summed E-state index contributed by atoms with van der Waals surface area (Å²) in [4.78, 5) is 0. The molecular formula is C12H17Cl2N. The van der Waals surface area contributed by atoms with Crippen LogP contribution in [0.1, 0.15) is 37.3 Å². The smallest absolute Gasteiger partial charge is 0.0406 e. The molecule has 1 saturated carbocycles. The van der Waals surface area contributed by atoms with Crippen molar-refractivity contribution >= 4 is 24.0 Å². The summed E-state index contributed by atoms with van der Waals surface area (Å²) < 4.78 is 0. The first kappa shape index (κ1) is 12.8. The fourth-order valence-corrected chi connectivity index (χ4v) is 2.40. The average Bonchev–Trinajstić information content (AvgIpc) is 2.71. The van der Waals surface area contributed by atoms with Crippen LogP contribution in [0.3, 0.4) is 0 Å². The van der Waals surface area contributed by atoms with Crippen LogP contribution < -0.4 is 5.73 Å². The summed E-state index contributed by atoms with van der Waals surface area (Å²) in [5, 5.41) is 0.785. The first-order valence-corrected chi connectivity index (χ1v) is 5.66. The molecule has 0 bridgehead atoms. The number of hydrogen-bond donors (Lipinski definition) is 1. The highest BCUT2D eigenvalue weighted by Crippen LogP contribution is 2.34. The van der Waals surface area contributed by atoms with Gasteiger partial charge < -0.3 is 5.73 Å². The molecule has 0 saturated heterocycles. The highest BCUT2D eigenvalue weighted by atomic mass is 35.5. The molecule has 1 aromatic rings. The molecule has 1 aromatic carbocycles. The zero-order chi connectivity index (χ0) is 9.97. The minimum atomic E-state index is 0. The molecule has 1 aliphatic carbocycles. The molecule has 1 nitrogen and oxygen atoms in total. The van der Waals surface area contributed by atoms with Gasteiger partial charge in [-0.2, -0.15) is 0 Å². The van der Waals surface area contributed by atoms with Gasteiger partial charge in [0, 0.05) is 11.1 Å². The Kier molecular flexibility index (Phi) is 4.91. The molecule has 2 rings (SSSR count). The summed E-state index contributed by atoms with van der Waals surface area (Å²) in [7, 11) is 0. The van der Waals surface area contributed by atoms with Crippen molar-refractivity contribution in [1.82, 2.24) is 0 Å². The van der Waals surface area contributed by atoms with E-state index in [4.69, 9.17) is 17.3 Å². The summed E-state index contributed by atoms with van der Waals surface area (Å²) >= 11 is 5.84. The van der Waals surface area contributed by atoms with Crippen molar-refractivity contribution in [2.75, 3.05) is 0 Å². The zero-order valence-electron chi connectivity index (χ0n) is 8.66. The topological polar surface area (TPSA) is 26.0 Å². The molecule has 84 valence electrons. The molecule has 0 unspecified atom stereocenters. The Balaban J connectivity index is 0.00000112. The first-order valence-electron chi connectivity index (χ1n) is 5.28. The fourth-order valence-electron chi connectivity index (χ4n) is 2.27. The summed E-state index contributed by atoms with van der Waals surface area (Å²) in [5.41, 5.74) is 7.43. The molecule has 0 spiro atoms. The summed E-state index contributed by atoms with van der Waals surface area (Å²) in [6.07, 6.45) is 5.24. The van der Waals surface area contributed by atoms with Gasteiger partial charge in [-0.05, 0) is 36.5 Å². The highest BCUT2D eigenvalue weighted by Gasteiger charge is 2.22. The average molecular weight is 246 g/mol. The van der Waals surface area contributed by atoms with E-state index >= 15 is 0 Å². The third-order valence-corrected chi connectivity index (χ3v) is 3.41. The quantitative estimate of drug-likeness (QED) is 0.839. The van der Waals surface area contributed by atoms with Gasteiger partial charge in [-0.3, -0.25) is 0 Å². The van der Waals surface area contributed by atoms with Crippen molar-refractivity contribution in [1.29, 1.82) is 0 Å². The van der Waals surface area contributed by atoms with Crippen LogP contribution in [0, 0.1) is 5.92 Å². The van der Waals surface area contributed by atoms with Crippen LogP contribution in [-0.2, 0) is 0 Å². The van der Waals surface area contributed by atoms with Crippen molar-refractivity contribution in [2.45, 2.75) is 31.7 Å². The van der Waals surface area contributed by atoms with E-state index in [9.17, 15) is 0 Å². The maximum atomic E-state index is 6.21. The molecular weight excluding hydrogens is 229 g/mol. The van der Waals surface area contributed by atoms with Gasteiger partial charge in [0.1, 0.15) is 0 Å². The van der Waals surface area contributed by atoms with Gasteiger partial charge in [-0.1, -0.05) is 36.6 Å². The van der Waals surface area contributed by atoms with Crippen LogP contribution >= 0.6 is 24.0 Å². The van der Waals surface area contributed by atoms with Gasteiger partial charge in [0.25, 0.3) is 0 Å². The van der Waals surface area contributed by atoms with Crippen molar-refractivity contribution < 1.29 is 0 Å². The Morgan fingerprint density at radius 2 is 1.67 bits per heavy atom. The van der Waals surface area contributed by atoms with Gasteiger partial charge in [-0.25, -0.2) is 0 Å². The van der Waals surface area contributed by atoms with Crippen LogP contribution in [0.2, 0.25) is 5.02 Å². The molecule has 0 radical (unpaired) electrons. The molecule has 15 heavy (non-hydrogen) atoms. The molecule has 0 heterocycles. The maximum Gasteiger partial charge on any atom is 0.0406 e. The normalized spacial score (nSPS) is 18.5. The fraction of sp³-hybridized carbons (Fsp3) is 0.500. The number of halogens is 2. The minimum absolute atomic E-state index is 0. The molecule has 1 atom stereocenters. The maximum absolute atomic E-state index is 6.21. The summed E-state index contributed by atoms with van der Waals surface area (Å²) in [5.74, 6) is 0.677. The molecule has 1 aliphatic rings. The van der Waals surface area contributed by atoms with Crippen LogP contribution in [-0.4, -0.2) is 0 Å². The highest BCUT2D eigenvalue weighted by molar-refractivity contribution is 6.30. The SMILES string of the molecule is Cl.N[C@@H](c1ccc(Cl)cc1)C1CCCC1. The molecule has 1 fully saturated rings. The largest absolute Gasteiger partial charge is 0.324 e. The first-order chi connectivity index (χ1) is 6.77. The van der Waals surface area contributed by atoms with E-state index in [1.165, 1.54) is 31.2 Å². The van der Waals surface area contributed by atoms with Crippen LogP contribution in [0.5, 0.6) is 0 Å². The van der Waals surface area contributed by atoms with Crippen LogP contribution in [0.4, 0.5) is 0 Å². The Morgan fingerprint density at radius 3 is 2.20 bits per heavy atom. The number of nitrogens with two attached hydrogens (primary N) is 1. The summed E-state index contributed by atoms with van der Waals surface area (Å²) in [6.45, 7) is 0. The predicted molar refractivity (Wildman–Crippen MR) is 67.6 cm³/mol. The van der Waals surface area contributed by atoms with E-state index in [0.717, 1.165) is 5.02 Å². The van der Waals surface area contributed by atoms with Crippen molar-refractivity contribution in [2.24, 2.45) is 11.7 Å². The van der Waals surface area contributed by atoms with Crippen molar-refractivity contribution in [3.63, 3.8) is 0 Å². The second kappa shape index (κ2) is 5.74. The lowest BCUT2D eigenvalue weighted by molar-refractivity contribution is 0.445. The lowest BCUT2D eigenvalue weighted by atomic mass is 9.93. The van der Waals surface area contributed by atoms with Crippen LogP contribution in [0.25, 0.3) is 0 Å². The van der Waals surface area contributed by atoms with Crippen molar-refractivity contribution in [3.8, 4) is 0 Å². The Hall–Kier alpha value is -0.240. The second-order valence-corrected chi connectivity index (χ2v) is 4.56. The van der Waals surface area contributed by atoms with Gasteiger partial charge in [0.15, 0.2) is 0 Å². The second-order valence-electron chi connectivity index (χ2n) is 4.12. The molecule has 0 amide bonds. The molecule has 3 heteroatoms. The summed E-state index contributed by atoms with van der Waals surface area (Å²) in [6, 6.07) is 8.14. The number of rotatable bonds is 2. The van der Waals surface area contributed by atoms with E-state index in [2.05, 4.69) is 0 Å². The number of hydrogen-bond acceptors (Lipinski definition) is 1. The standard InChI is InChI=1S/C12H16ClN.ClH/c13-11-7-5-10(6-8-11)12(14)9-3-1-2-4-9;/h5-9,12H,1-4,14H2;1H/t12-;/m1./s1. The Labute approximate surface area is 102 Å². The lowest BCUT2D eigenvalue weighted by Crippen LogP contribution is -2.18. The van der Waals surface area contributed by atoms with Gasteiger partial charge >= 0.3 is 0 Å². The van der Waals surface area contributed by atoms with Crippen LogP contribution in [0.15, 0.2) is 24.3 Å². The van der Waals surface area contributed by atoms with E-state index in [1.807, 2.05) is 24.3 Å². The monoisotopic (exact) mass is 245 g/mol. The Morgan fingerprint density at radius 1 is 1.13 bits per heavy atom. The van der Waals surface area contributed by atoms with Gasteiger partial charge in [-0.15, -0.1) is 12.4 Å². The third kappa shape index (κ3) is 3.10. The van der Waals surface area contributed by atoms with Gasteiger partial charge in [0.05, 0.1) is 0 Å². The third-order valence-electron chi connectivity index (χ3n) is 3.16. The lowest BCUT2D eigenvalue weighted by Gasteiger charge is -2.19.